The highest BCUT2D eigenvalue weighted by molar-refractivity contribution is 7.85. The van der Waals surface area contributed by atoms with Crippen LogP contribution in [0.4, 0.5) is 0 Å². The van der Waals surface area contributed by atoms with Crippen molar-refractivity contribution in [3.8, 4) is 11.6 Å². The van der Waals surface area contributed by atoms with Crippen molar-refractivity contribution in [2.24, 2.45) is 0 Å². The minimum Gasteiger partial charge on any atom is -0.437 e. The number of nitrogens with one attached hydrogen (secondary N) is 1. The van der Waals surface area contributed by atoms with Crippen LogP contribution in [0.5, 0.6) is 11.6 Å². The van der Waals surface area contributed by atoms with Crippen LogP contribution in [0.1, 0.15) is 17.0 Å². The van der Waals surface area contributed by atoms with Crippen molar-refractivity contribution in [2.45, 2.75) is 17.7 Å². The Morgan fingerprint density at radius 3 is 2.28 bits per heavy atom. The summed E-state index contributed by atoms with van der Waals surface area (Å²) in [6, 6.07) is 17.3. The normalized spacial score (nSPS) is 13.8. The zero-order valence-corrected chi connectivity index (χ0v) is 17.3. The van der Waals surface area contributed by atoms with E-state index in [1.807, 2.05) is 37.4 Å². The maximum Gasteiger partial charge on any atom is 0.294 e. The molecule has 8 heteroatoms. The van der Waals surface area contributed by atoms with Crippen molar-refractivity contribution in [1.82, 2.24) is 10.3 Å². The third-order valence-corrected chi connectivity index (χ3v) is 5.56. The second-order valence-corrected chi connectivity index (χ2v) is 8.43. The lowest BCUT2D eigenvalue weighted by atomic mass is 9.95. The van der Waals surface area contributed by atoms with Gasteiger partial charge in [-0.25, -0.2) is 4.98 Å². The fourth-order valence-corrected chi connectivity index (χ4v) is 3.22. The van der Waals surface area contributed by atoms with Gasteiger partial charge in [-0.05, 0) is 36.8 Å². The van der Waals surface area contributed by atoms with E-state index in [0.717, 1.165) is 18.7 Å². The van der Waals surface area contributed by atoms with E-state index in [2.05, 4.69) is 16.4 Å². The number of hydrogen-bond donors (Lipinski definition) is 2. The Morgan fingerprint density at radius 1 is 1.07 bits per heavy atom. The van der Waals surface area contributed by atoms with Crippen LogP contribution in [0.3, 0.4) is 0 Å². The number of benzene rings is 2. The molecule has 1 aliphatic rings. The molecule has 1 saturated heterocycles. The quantitative estimate of drug-likeness (QED) is 0.592. The topological polar surface area (TPSA) is 88.5 Å². The highest BCUT2D eigenvalue weighted by Gasteiger charge is 2.19. The highest BCUT2D eigenvalue weighted by Crippen LogP contribution is 2.28. The van der Waals surface area contributed by atoms with Crippen LogP contribution in [0.2, 0.25) is 5.02 Å². The number of nitrogens with zero attached hydrogens (tertiary/aromatic N) is 1. The van der Waals surface area contributed by atoms with Crippen LogP contribution >= 0.6 is 11.6 Å². The monoisotopic (exact) mass is 432 g/mol. The third kappa shape index (κ3) is 6.01. The summed E-state index contributed by atoms with van der Waals surface area (Å²) >= 11 is 6.03. The number of hydrogen-bond acceptors (Lipinski definition) is 5. The molecule has 2 aromatic carbocycles. The van der Waals surface area contributed by atoms with Crippen molar-refractivity contribution in [3.63, 3.8) is 0 Å². The Morgan fingerprint density at radius 2 is 1.76 bits per heavy atom. The maximum absolute atomic E-state index is 10.5. The molecule has 6 nitrogen and oxygen atoms in total. The van der Waals surface area contributed by atoms with Crippen molar-refractivity contribution in [1.29, 1.82) is 0 Å². The molecule has 1 aromatic heterocycles. The molecule has 152 valence electrons. The highest BCUT2D eigenvalue weighted by atomic mass is 35.5. The number of ether oxygens (including phenoxy) is 1. The van der Waals surface area contributed by atoms with Crippen molar-refractivity contribution >= 4 is 21.7 Å². The second-order valence-electron chi connectivity index (χ2n) is 6.61. The molecule has 0 amide bonds. The molecule has 4 rings (SSSR count). The van der Waals surface area contributed by atoms with Gasteiger partial charge in [0.2, 0.25) is 5.88 Å². The molecule has 1 aliphatic heterocycles. The van der Waals surface area contributed by atoms with Crippen LogP contribution < -0.4 is 10.1 Å². The van der Waals surface area contributed by atoms with E-state index < -0.39 is 10.1 Å². The minimum atomic E-state index is -4.02. The number of para-hydroxylation sites is 1. The Kier molecular flexibility index (Phi) is 6.87. The molecule has 3 aromatic rings. The average molecular weight is 433 g/mol. The summed E-state index contributed by atoms with van der Waals surface area (Å²) in [5.41, 5.74) is 2.21. The van der Waals surface area contributed by atoms with Gasteiger partial charge >= 0.3 is 0 Å². The molecule has 1 fully saturated rings. The van der Waals surface area contributed by atoms with Gasteiger partial charge in [0.05, 0.1) is 9.92 Å². The molecule has 2 N–H and O–H groups in total. The van der Waals surface area contributed by atoms with Crippen molar-refractivity contribution < 1.29 is 17.7 Å². The van der Waals surface area contributed by atoms with E-state index in [1.165, 1.54) is 17.7 Å². The zero-order valence-electron chi connectivity index (χ0n) is 15.7. The number of halogens is 1. The SMILES string of the molecule is Cc1ccc(S(=O)(=O)O)cc1.Clc1ccccc1Oc1ccc(C2CNC2)cn1. The fourth-order valence-electron chi connectivity index (χ4n) is 2.57. The van der Waals surface area contributed by atoms with Gasteiger partial charge < -0.3 is 10.1 Å². The zero-order chi connectivity index (χ0) is 20.9. The van der Waals surface area contributed by atoms with Crippen LogP contribution in [0.25, 0.3) is 0 Å². The van der Waals surface area contributed by atoms with Gasteiger partial charge in [-0.2, -0.15) is 8.42 Å². The Balaban J connectivity index is 0.000000188. The van der Waals surface area contributed by atoms with Crippen LogP contribution in [-0.4, -0.2) is 31.0 Å². The summed E-state index contributed by atoms with van der Waals surface area (Å²) < 4.78 is 35.2. The molecule has 0 atom stereocenters. The first-order valence-corrected chi connectivity index (χ1v) is 10.8. The van der Waals surface area contributed by atoms with Gasteiger partial charge in [0.1, 0.15) is 5.75 Å². The first-order chi connectivity index (χ1) is 13.8. The average Bonchev–Trinajstić information content (AvgIpc) is 2.64. The number of pyridine rings is 1. The molecular formula is C21H21ClN2O4S. The first kappa shape index (κ1) is 21.3. The Hall–Kier alpha value is -2.45. The van der Waals surface area contributed by atoms with E-state index in [4.69, 9.17) is 20.9 Å². The molecule has 29 heavy (non-hydrogen) atoms. The summed E-state index contributed by atoms with van der Waals surface area (Å²) in [6.45, 7) is 3.91. The van der Waals surface area contributed by atoms with E-state index in [-0.39, 0.29) is 4.90 Å². The summed E-state index contributed by atoms with van der Waals surface area (Å²) in [4.78, 5) is 4.24. The predicted octanol–water partition coefficient (Wildman–Crippen LogP) is 4.46. The lowest BCUT2D eigenvalue weighted by molar-refractivity contribution is 0.441. The lowest BCUT2D eigenvalue weighted by Gasteiger charge is -2.27. The molecule has 0 spiro atoms. The molecule has 0 aliphatic carbocycles. The van der Waals surface area contributed by atoms with Crippen molar-refractivity contribution in [3.05, 3.63) is 83.0 Å². The van der Waals surface area contributed by atoms with Gasteiger partial charge in [0, 0.05) is 31.3 Å². The summed E-state index contributed by atoms with van der Waals surface area (Å²) in [6.07, 6.45) is 1.87. The van der Waals surface area contributed by atoms with Crippen LogP contribution in [0, 0.1) is 6.92 Å². The smallest absolute Gasteiger partial charge is 0.294 e. The Bertz CT molecular complexity index is 1050. The standard InChI is InChI=1S/C14H13ClN2O.C7H8O3S/c15-12-3-1-2-4-13(12)18-14-6-5-10(9-17-14)11-7-16-8-11;1-6-2-4-7(5-3-6)11(8,9)10/h1-6,9,11,16H,7-8H2;2-5H,1H3,(H,8,9,10). The van der Waals surface area contributed by atoms with Crippen molar-refractivity contribution in [2.75, 3.05) is 13.1 Å². The maximum atomic E-state index is 10.5. The molecule has 0 unspecified atom stereocenters. The van der Waals surface area contributed by atoms with Gasteiger partial charge in [-0.3, -0.25) is 4.55 Å². The first-order valence-electron chi connectivity index (χ1n) is 8.96. The van der Waals surface area contributed by atoms with Gasteiger partial charge in [0.15, 0.2) is 0 Å². The van der Waals surface area contributed by atoms with Crippen LogP contribution in [0.15, 0.2) is 71.8 Å². The predicted molar refractivity (Wildman–Crippen MR) is 112 cm³/mol. The van der Waals surface area contributed by atoms with Gasteiger partial charge in [0.25, 0.3) is 10.1 Å². The molecule has 2 heterocycles. The number of rotatable bonds is 4. The van der Waals surface area contributed by atoms with E-state index in [0.29, 0.717) is 22.6 Å². The summed E-state index contributed by atoms with van der Waals surface area (Å²) in [5.74, 6) is 1.79. The Labute approximate surface area is 175 Å². The fraction of sp³-hybridized carbons (Fsp3) is 0.190. The third-order valence-electron chi connectivity index (χ3n) is 4.38. The van der Waals surface area contributed by atoms with Crippen LogP contribution in [-0.2, 0) is 10.1 Å². The molecular weight excluding hydrogens is 412 g/mol. The largest absolute Gasteiger partial charge is 0.437 e. The summed E-state index contributed by atoms with van der Waals surface area (Å²) in [7, 11) is -4.02. The lowest BCUT2D eigenvalue weighted by Crippen LogP contribution is -2.39. The minimum absolute atomic E-state index is 0.0666. The number of aromatic nitrogens is 1. The van der Waals surface area contributed by atoms with E-state index in [1.54, 1.807) is 18.2 Å². The summed E-state index contributed by atoms with van der Waals surface area (Å²) in [5, 5.41) is 3.83. The van der Waals surface area contributed by atoms with E-state index in [9.17, 15) is 8.42 Å². The molecule has 0 bridgehead atoms. The molecule has 0 radical (unpaired) electrons. The second kappa shape index (κ2) is 9.37. The molecule has 0 saturated carbocycles. The van der Waals surface area contributed by atoms with Gasteiger partial charge in [-0.1, -0.05) is 47.5 Å². The van der Waals surface area contributed by atoms with E-state index >= 15 is 0 Å². The number of aryl methyl sites for hydroxylation is 1. The van der Waals surface area contributed by atoms with Gasteiger partial charge in [-0.15, -0.1) is 0 Å².